The van der Waals surface area contributed by atoms with Crippen molar-refractivity contribution < 1.29 is 13.9 Å². The fourth-order valence-corrected chi connectivity index (χ4v) is 3.22. The number of aryl methyl sites for hydroxylation is 1. The van der Waals surface area contributed by atoms with E-state index in [2.05, 4.69) is 15.3 Å². The lowest BCUT2D eigenvalue weighted by atomic mass is 10.2. The first-order valence-electron chi connectivity index (χ1n) is 6.45. The topological polar surface area (TPSA) is 64.1 Å². The van der Waals surface area contributed by atoms with Gasteiger partial charge in [0.25, 0.3) is 0 Å². The predicted molar refractivity (Wildman–Crippen MR) is 83.2 cm³/mol. The smallest absolute Gasteiger partial charge is 0.348 e. The maximum Gasteiger partial charge on any atom is 0.348 e. The summed E-state index contributed by atoms with van der Waals surface area (Å²) in [6.07, 6.45) is 1.40. The molecule has 0 amide bonds. The zero-order chi connectivity index (χ0) is 15.7. The van der Waals surface area contributed by atoms with Gasteiger partial charge in [0.2, 0.25) is 0 Å². The Balaban J connectivity index is 2.10. The Morgan fingerprint density at radius 1 is 1.36 bits per heavy atom. The summed E-state index contributed by atoms with van der Waals surface area (Å²) in [4.78, 5) is 21.3. The van der Waals surface area contributed by atoms with E-state index in [0.29, 0.717) is 21.2 Å². The van der Waals surface area contributed by atoms with Crippen LogP contribution < -0.4 is 5.32 Å². The van der Waals surface area contributed by atoms with Gasteiger partial charge in [-0.3, -0.25) is 0 Å². The average Bonchev–Trinajstić information content (AvgIpc) is 2.85. The molecule has 0 aliphatic rings. The Morgan fingerprint density at radius 3 is 2.91 bits per heavy atom. The molecule has 0 aliphatic heterocycles. The molecule has 2 heterocycles. The minimum Gasteiger partial charge on any atom is -0.465 e. The third kappa shape index (κ3) is 2.50. The van der Waals surface area contributed by atoms with Crippen LogP contribution in [0, 0.1) is 12.7 Å². The van der Waals surface area contributed by atoms with Crippen molar-refractivity contribution in [2.24, 2.45) is 0 Å². The molecule has 1 N–H and O–H groups in total. The van der Waals surface area contributed by atoms with E-state index in [9.17, 15) is 9.18 Å². The maximum absolute atomic E-state index is 13.3. The number of fused-ring (bicyclic) bond motifs is 1. The summed E-state index contributed by atoms with van der Waals surface area (Å²) in [7, 11) is 1.34. The number of aromatic nitrogens is 2. The third-order valence-electron chi connectivity index (χ3n) is 3.18. The summed E-state index contributed by atoms with van der Waals surface area (Å²) in [5, 5.41) is 3.80. The molecule has 0 spiro atoms. The molecule has 2 aromatic heterocycles. The van der Waals surface area contributed by atoms with Crippen LogP contribution in [0.25, 0.3) is 10.2 Å². The highest BCUT2D eigenvalue weighted by molar-refractivity contribution is 7.20. The molecule has 7 heteroatoms. The Hall–Kier alpha value is -2.54. The zero-order valence-corrected chi connectivity index (χ0v) is 12.7. The van der Waals surface area contributed by atoms with Gasteiger partial charge in [-0.25, -0.2) is 19.2 Å². The van der Waals surface area contributed by atoms with E-state index in [1.54, 1.807) is 12.1 Å². The summed E-state index contributed by atoms with van der Waals surface area (Å²) in [6.45, 7) is 1.81. The van der Waals surface area contributed by atoms with Crippen LogP contribution in [-0.2, 0) is 4.74 Å². The van der Waals surface area contributed by atoms with E-state index in [1.165, 1.54) is 36.9 Å². The number of hydrogen-bond acceptors (Lipinski definition) is 6. The number of nitrogens with zero attached hydrogens (tertiary/aromatic N) is 2. The van der Waals surface area contributed by atoms with Crippen molar-refractivity contribution >= 4 is 39.0 Å². The molecule has 0 unspecified atom stereocenters. The van der Waals surface area contributed by atoms with Gasteiger partial charge in [-0.05, 0) is 30.7 Å². The van der Waals surface area contributed by atoms with Gasteiger partial charge in [0.1, 0.15) is 27.7 Å². The van der Waals surface area contributed by atoms with Crippen LogP contribution in [0.4, 0.5) is 15.9 Å². The number of nitrogens with one attached hydrogen (secondary N) is 1. The van der Waals surface area contributed by atoms with Crippen LogP contribution in [0.2, 0.25) is 0 Å². The largest absolute Gasteiger partial charge is 0.465 e. The molecular weight excluding hydrogens is 305 g/mol. The second-order valence-corrected chi connectivity index (χ2v) is 5.58. The lowest BCUT2D eigenvalue weighted by molar-refractivity contribution is 0.0605. The molecule has 5 nitrogen and oxygen atoms in total. The predicted octanol–water partition coefficient (Wildman–Crippen LogP) is 3.67. The number of carbonyl (C=O) groups is 1. The number of benzene rings is 1. The molecule has 0 saturated carbocycles. The molecule has 0 aliphatic carbocycles. The first-order chi connectivity index (χ1) is 10.6. The van der Waals surface area contributed by atoms with Gasteiger partial charge in [-0.2, -0.15) is 0 Å². The Morgan fingerprint density at radius 2 is 2.18 bits per heavy atom. The van der Waals surface area contributed by atoms with Gasteiger partial charge in [0.15, 0.2) is 0 Å². The number of ether oxygens (including phenoxy) is 1. The summed E-state index contributed by atoms with van der Waals surface area (Å²) in [5.41, 5.74) is 1.32. The highest BCUT2D eigenvalue weighted by atomic mass is 32.1. The van der Waals surface area contributed by atoms with Crippen LogP contribution >= 0.6 is 11.3 Å². The fraction of sp³-hybridized carbons (Fsp3) is 0.133. The molecular formula is C15H12FN3O2S. The second kappa shape index (κ2) is 5.69. The van der Waals surface area contributed by atoms with Crippen molar-refractivity contribution in [3.63, 3.8) is 0 Å². The molecule has 0 saturated heterocycles. The lowest BCUT2D eigenvalue weighted by Gasteiger charge is -2.07. The van der Waals surface area contributed by atoms with Crippen LogP contribution in [0.5, 0.6) is 0 Å². The molecule has 3 rings (SSSR count). The van der Waals surface area contributed by atoms with Crippen molar-refractivity contribution in [1.82, 2.24) is 9.97 Å². The summed E-state index contributed by atoms with van der Waals surface area (Å²) in [5.74, 6) is -0.218. The molecule has 0 fully saturated rings. The van der Waals surface area contributed by atoms with E-state index in [4.69, 9.17) is 4.74 Å². The minimum absolute atomic E-state index is 0.340. The average molecular weight is 317 g/mol. The van der Waals surface area contributed by atoms with E-state index >= 15 is 0 Å². The van der Waals surface area contributed by atoms with Crippen molar-refractivity contribution in [3.8, 4) is 0 Å². The number of rotatable bonds is 3. The van der Waals surface area contributed by atoms with Crippen LogP contribution in [0.15, 0.2) is 30.6 Å². The highest BCUT2D eigenvalue weighted by Crippen LogP contribution is 2.34. The fourth-order valence-electron chi connectivity index (χ4n) is 2.16. The Kier molecular flexibility index (Phi) is 3.72. The summed E-state index contributed by atoms with van der Waals surface area (Å²) in [6, 6.07) is 6.08. The Bertz CT molecular complexity index is 863. The summed E-state index contributed by atoms with van der Waals surface area (Å²) >= 11 is 1.24. The molecule has 1 aromatic carbocycles. The molecule has 112 valence electrons. The first kappa shape index (κ1) is 14.4. The van der Waals surface area contributed by atoms with Gasteiger partial charge in [-0.1, -0.05) is 6.07 Å². The van der Waals surface area contributed by atoms with Crippen LogP contribution in [-0.4, -0.2) is 23.0 Å². The number of carbonyl (C=O) groups excluding carboxylic acids is 1. The second-order valence-electron chi connectivity index (χ2n) is 4.59. The lowest BCUT2D eigenvalue weighted by Crippen LogP contribution is -2.00. The van der Waals surface area contributed by atoms with E-state index in [-0.39, 0.29) is 5.82 Å². The van der Waals surface area contributed by atoms with Crippen molar-refractivity contribution in [2.45, 2.75) is 6.92 Å². The standard InChI is InChI=1S/C15H12FN3O2S/c1-8-11-13(19-10-5-3-4-9(16)6-10)17-7-18-14(11)22-12(8)15(20)21-2/h3-7H,1-2H3,(H,17,18,19). The minimum atomic E-state index is -0.405. The van der Waals surface area contributed by atoms with Crippen LogP contribution in [0.3, 0.4) is 0 Å². The third-order valence-corrected chi connectivity index (χ3v) is 4.36. The molecule has 0 radical (unpaired) electrons. The highest BCUT2D eigenvalue weighted by Gasteiger charge is 2.19. The number of halogens is 1. The Labute approximate surface area is 129 Å². The molecule has 3 aromatic rings. The number of esters is 1. The molecule has 0 bridgehead atoms. The van der Waals surface area contributed by atoms with Gasteiger partial charge in [0.05, 0.1) is 12.5 Å². The number of thiophene rings is 1. The van der Waals surface area contributed by atoms with Crippen molar-refractivity contribution in [2.75, 3.05) is 12.4 Å². The SMILES string of the molecule is COC(=O)c1sc2ncnc(Nc3cccc(F)c3)c2c1C. The van der Waals surface area contributed by atoms with Gasteiger partial charge >= 0.3 is 5.97 Å². The quantitative estimate of drug-likeness (QED) is 0.747. The normalized spacial score (nSPS) is 10.7. The van der Waals surface area contributed by atoms with Gasteiger partial charge in [-0.15, -0.1) is 11.3 Å². The van der Waals surface area contributed by atoms with Crippen molar-refractivity contribution in [3.05, 3.63) is 46.9 Å². The van der Waals surface area contributed by atoms with E-state index in [0.717, 1.165) is 10.9 Å². The van der Waals surface area contributed by atoms with Gasteiger partial charge < -0.3 is 10.1 Å². The number of hydrogen-bond donors (Lipinski definition) is 1. The number of methoxy groups -OCH3 is 1. The first-order valence-corrected chi connectivity index (χ1v) is 7.27. The number of anilines is 2. The maximum atomic E-state index is 13.3. The molecule has 22 heavy (non-hydrogen) atoms. The van der Waals surface area contributed by atoms with E-state index in [1.807, 2.05) is 6.92 Å². The molecule has 0 atom stereocenters. The van der Waals surface area contributed by atoms with Crippen LogP contribution in [0.1, 0.15) is 15.2 Å². The van der Waals surface area contributed by atoms with Gasteiger partial charge in [0, 0.05) is 5.69 Å². The summed E-state index contributed by atoms with van der Waals surface area (Å²) < 4.78 is 18.1. The monoisotopic (exact) mass is 317 g/mol. The zero-order valence-electron chi connectivity index (χ0n) is 11.9. The van der Waals surface area contributed by atoms with E-state index < -0.39 is 5.97 Å². The van der Waals surface area contributed by atoms with Crippen molar-refractivity contribution in [1.29, 1.82) is 0 Å².